The van der Waals surface area contributed by atoms with Gasteiger partial charge in [0.05, 0.1) is 11.1 Å². The number of fused-ring (bicyclic) bond motifs is 1. The van der Waals surface area contributed by atoms with Crippen molar-refractivity contribution in [2.75, 3.05) is 0 Å². The quantitative estimate of drug-likeness (QED) is 0.826. The molecule has 4 heteroatoms. The van der Waals surface area contributed by atoms with Gasteiger partial charge in [-0.15, -0.1) is 0 Å². The van der Waals surface area contributed by atoms with Crippen LogP contribution in [0.25, 0.3) is 11.1 Å². The van der Waals surface area contributed by atoms with Crippen molar-refractivity contribution >= 4 is 11.1 Å². The highest BCUT2D eigenvalue weighted by molar-refractivity contribution is 5.75. The second kappa shape index (κ2) is 3.31. The van der Waals surface area contributed by atoms with Crippen LogP contribution in [0, 0.1) is 6.92 Å². The van der Waals surface area contributed by atoms with Gasteiger partial charge in [0, 0.05) is 18.8 Å². The largest absolute Gasteiger partial charge is 0.336 e. The van der Waals surface area contributed by atoms with Gasteiger partial charge in [0.15, 0.2) is 0 Å². The van der Waals surface area contributed by atoms with Crippen LogP contribution < -0.4 is 5.32 Å². The molecule has 1 aliphatic rings. The molecule has 1 aliphatic carbocycles. The average Bonchev–Trinajstić information content (AvgIpc) is 3.02. The summed E-state index contributed by atoms with van der Waals surface area (Å²) in [5.41, 5.74) is 2.73. The van der Waals surface area contributed by atoms with Crippen LogP contribution in [0.15, 0.2) is 16.8 Å². The van der Waals surface area contributed by atoms with Crippen molar-refractivity contribution in [1.29, 1.82) is 0 Å². The summed E-state index contributed by atoms with van der Waals surface area (Å²) in [7, 11) is 0. The molecule has 0 amide bonds. The van der Waals surface area contributed by atoms with Gasteiger partial charge in [-0.1, -0.05) is 5.16 Å². The van der Waals surface area contributed by atoms with Crippen LogP contribution in [0.3, 0.4) is 0 Å². The Bertz CT molecular complexity index is 488. The summed E-state index contributed by atoms with van der Waals surface area (Å²) in [6, 6.07) is 2.83. The van der Waals surface area contributed by atoms with E-state index < -0.39 is 0 Å². The van der Waals surface area contributed by atoms with Crippen LogP contribution in [-0.4, -0.2) is 16.2 Å². The molecule has 3 rings (SSSR count). The zero-order valence-electron chi connectivity index (χ0n) is 8.66. The first-order valence-corrected chi connectivity index (χ1v) is 5.27. The molecule has 0 radical (unpaired) electrons. The van der Waals surface area contributed by atoms with Crippen molar-refractivity contribution < 1.29 is 4.52 Å². The number of aryl methyl sites for hydroxylation is 1. The summed E-state index contributed by atoms with van der Waals surface area (Å²) >= 11 is 0. The number of pyridine rings is 1. The van der Waals surface area contributed by atoms with Crippen LogP contribution in [0.1, 0.15) is 24.1 Å². The summed E-state index contributed by atoms with van der Waals surface area (Å²) in [4.78, 5) is 4.23. The molecule has 0 saturated heterocycles. The van der Waals surface area contributed by atoms with E-state index >= 15 is 0 Å². The van der Waals surface area contributed by atoms with Gasteiger partial charge in [0.2, 0.25) is 0 Å². The molecular weight excluding hydrogens is 190 g/mol. The molecule has 0 spiro atoms. The van der Waals surface area contributed by atoms with Gasteiger partial charge >= 0.3 is 0 Å². The minimum Gasteiger partial charge on any atom is -0.336 e. The average molecular weight is 203 g/mol. The molecule has 1 fully saturated rings. The maximum atomic E-state index is 5.06. The smallest absolute Gasteiger partial charge is 0.257 e. The van der Waals surface area contributed by atoms with Crippen LogP contribution in [0.5, 0.6) is 0 Å². The molecule has 0 atom stereocenters. The number of nitrogens with one attached hydrogen (secondary N) is 1. The molecule has 2 aromatic heterocycles. The van der Waals surface area contributed by atoms with Crippen LogP contribution in [0.2, 0.25) is 0 Å². The number of hydrogen-bond acceptors (Lipinski definition) is 4. The molecule has 2 heterocycles. The van der Waals surface area contributed by atoms with Crippen molar-refractivity contribution in [3.05, 3.63) is 23.5 Å². The lowest BCUT2D eigenvalue weighted by Gasteiger charge is -2.01. The summed E-state index contributed by atoms with van der Waals surface area (Å²) in [6.07, 6.45) is 4.46. The Morgan fingerprint density at radius 3 is 3.20 bits per heavy atom. The molecule has 0 aromatic carbocycles. The van der Waals surface area contributed by atoms with E-state index in [2.05, 4.69) is 21.5 Å². The van der Waals surface area contributed by atoms with Crippen LogP contribution >= 0.6 is 0 Å². The van der Waals surface area contributed by atoms with E-state index in [1.165, 1.54) is 18.4 Å². The molecule has 15 heavy (non-hydrogen) atoms. The van der Waals surface area contributed by atoms with E-state index in [1.54, 1.807) is 0 Å². The second-order valence-corrected chi connectivity index (χ2v) is 4.12. The molecule has 4 nitrogen and oxygen atoms in total. The van der Waals surface area contributed by atoms with Gasteiger partial charge in [-0.25, -0.2) is 4.98 Å². The van der Waals surface area contributed by atoms with E-state index in [0.717, 1.165) is 23.7 Å². The van der Waals surface area contributed by atoms with E-state index in [4.69, 9.17) is 4.52 Å². The third-order valence-corrected chi connectivity index (χ3v) is 2.74. The van der Waals surface area contributed by atoms with Crippen molar-refractivity contribution in [3.63, 3.8) is 0 Å². The van der Waals surface area contributed by atoms with Gasteiger partial charge in [-0.2, -0.15) is 0 Å². The first-order valence-electron chi connectivity index (χ1n) is 5.27. The first kappa shape index (κ1) is 8.85. The first-order chi connectivity index (χ1) is 7.33. The highest BCUT2D eigenvalue weighted by Crippen LogP contribution is 2.20. The Morgan fingerprint density at radius 1 is 1.53 bits per heavy atom. The van der Waals surface area contributed by atoms with E-state index in [-0.39, 0.29) is 0 Å². The zero-order valence-corrected chi connectivity index (χ0v) is 8.66. The van der Waals surface area contributed by atoms with Crippen molar-refractivity contribution in [1.82, 2.24) is 15.5 Å². The highest BCUT2D eigenvalue weighted by atomic mass is 16.5. The van der Waals surface area contributed by atoms with E-state index in [9.17, 15) is 0 Å². The molecule has 0 unspecified atom stereocenters. The van der Waals surface area contributed by atoms with Crippen molar-refractivity contribution in [2.45, 2.75) is 32.4 Å². The topological polar surface area (TPSA) is 51.0 Å². The Labute approximate surface area is 87.7 Å². The third kappa shape index (κ3) is 1.72. The number of aromatic nitrogens is 2. The summed E-state index contributed by atoms with van der Waals surface area (Å²) in [5, 5.41) is 8.36. The molecule has 0 aliphatic heterocycles. The summed E-state index contributed by atoms with van der Waals surface area (Å²) in [5.74, 6) is 0. The van der Waals surface area contributed by atoms with E-state index in [0.29, 0.717) is 5.71 Å². The fourth-order valence-corrected chi connectivity index (χ4v) is 1.63. The van der Waals surface area contributed by atoms with Crippen molar-refractivity contribution in [2.24, 2.45) is 0 Å². The molecule has 0 bridgehead atoms. The van der Waals surface area contributed by atoms with Gasteiger partial charge in [-0.3, -0.25) is 0 Å². The molecule has 78 valence electrons. The minimum atomic E-state index is 0.627. The number of hydrogen-bond donors (Lipinski definition) is 1. The zero-order chi connectivity index (χ0) is 10.3. The fourth-order valence-electron chi connectivity index (χ4n) is 1.63. The Hall–Kier alpha value is -1.42. The Morgan fingerprint density at radius 2 is 2.40 bits per heavy atom. The lowest BCUT2D eigenvalue weighted by Crippen LogP contribution is -2.15. The molecule has 1 saturated carbocycles. The second-order valence-electron chi connectivity index (χ2n) is 4.12. The van der Waals surface area contributed by atoms with Gasteiger partial charge in [-0.05, 0) is 31.4 Å². The molecule has 1 N–H and O–H groups in total. The normalized spacial score (nSPS) is 16.1. The number of rotatable bonds is 3. The Balaban J connectivity index is 1.86. The van der Waals surface area contributed by atoms with Crippen molar-refractivity contribution in [3.8, 4) is 0 Å². The van der Waals surface area contributed by atoms with E-state index in [1.807, 2.05) is 13.1 Å². The van der Waals surface area contributed by atoms with Gasteiger partial charge < -0.3 is 9.84 Å². The lowest BCUT2D eigenvalue weighted by molar-refractivity contribution is 0.443. The summed E-state index contributed by atoms with van der Waals surface area (Å²) in [6.45, 7) is 2.82. The summed E-state index contributed by atoms with van der Waals surface area (Å²) < 4.78 is 5.06. The molecular formula is C11H13N3O. The van der Waals surface area contributed by atoms with Crippen LogP contribution in [-0.2, 0) is 6.54 Å². The maximum absolute atomic E-state index is 5.06. The standard InChI is InChI=1S/C11H13N3O/c1-7-10-4-8(5-12-9-2-3-9)6-13-11(10)15-14-7/h4,6,9,12H,2-3,5H2,1H3. The Kier molecular flexibility index (Phi) is 1.95. The lowest BCUT2D eigenvalue weighted by atomic mass is 10.2. The van der Waals surface area contributed by atoms with Gasteiger partial charge in [0.25, 0.3) is 5.71 Å². The van der Waals surface area contributed by atoms with Gasteiger partial charge in [0.1, 0.15) is 0 Å². The predicted octanol–water partition coefficient (Wildman–Crippen LogP) is 1.78. The maximum Gasteiger partial charge on any atom is 0.257 e. The number of nitrogens with zero attached hydrogens (tertiary/aromatic N) is 2. The fraction of sp³-hybridized carbons (Fsp3) is 0.455. The predicted molar refractivity (Wildman–Crippen MR) is 56.4 cm³/mol. The SMILES string of the molecule is Cc1noc2ncc(CNC3CC3)cc12. The molecule has 2 aromatic rings. The highest BCUT2D eigenvalue weighted by Gasteiger charge is 2.20. The minimum absolute atomic E-state index is 0.627. The monoisotopic (exact) mass is 203 g/mol. The third-order valence-electron chi connectivity index (χ3n) is 2.74. The van der Waals surface area contributed by atoms with Crippen LogP contribution in [0.4, 0.5) is 0 Å².